The number of hydrogen-bond acceptors (Lipinski definition) is 5. The number of hydroxylamine groups is 2. The molecule has 0 saturated carbocycles. The Hall–Kier alpha value is -1.12. The summed E-state index contributed by atoms with van der Waals surface area (Å²) >= 11 is 1.62. The van der Waals surface area contributed by atoms with Gasteiger partial charge in [-0.2, -0.15) is 13.2 Å². The van der Waals surface area contributed by atoms with Crippen LogP contribution >= 0.6 is 11.3 Å². The Balaban J connectivity index is 1.65. The Morgan fingerprint density at radius 1 is 1.38 bits per heavy atom. The van der Waals surface area contributed by atoms with Crippen molar-refractivity contribution in [3.8, 4) is 0 Å². The van der Waals surface area contributed by atoms with Gasteiger partial charge in [-0.15, -0.1) is 16.4 Å². The van der Waals surface area contributed by atoms with Gasteiger partial charge in [0.25, 0.3) is 0 Å². The van der Waals surface area contributed by atoms with E-state index in [-0.39, 0.29) is 13.1 Å². The predicted octanol–water partition coefficient (Wildman–Crippen LogP) is 2.63. The SMILES string of the molecule is O=C(ON1CCC2(CC1)OCCc1ccsc12)C(F)(F)F. The first kappa shape index (κ1) is 14.8. The van der Waals surface area contributed by atoms with Crippen LogP contribution < -0.4 is 0 Å². The van der Waals surface area contributed by atoms with Crippen LogP contribution in [0.25, 0.3) is 0 Å². The Morgan fingerprint density at radius 2 is 2.10 bits per heavy atom. The van der Waals surface area contributed by atoms with Gasteiger partial charge in [0, 0.05) is 18.0 Å². The van der Waals surface area contributed by atoms with E-state index >= 15 is 0 Å². The molecule has 0 unspecified atom stereocenters. The van der Waals surface area contributed by atoms with E-state index in [2.05, 4.69) is 10.9 Å². The molecular weight excluding hydrogens is 307 g/mol. The molecule has 8 heteroatoms. The monoisotopic (exact) mass is 321 g/mol. The van der Waals surface area contributed by atoms with E-state index in [1.165, 1.54) is 5.56 Å². The second-order valence-electron chi connectivity index (χ2n) is 5.17. The molecular formula is C13H14F3NO3S. The molecule has 1 aromatic rings. The van der Waals surface area contributed by atoms with Crippen LogP contribution in [-0.4, -0.2) is 36.9 Å². The number of fused-ring (bicyclic) bond motifs is 2. The van der Waals surface area contributed by atoms with Crippen molar-refractivity contribution < 1.29 is 27.5 Å². The Kier molecular flexibility index (Phi) is 3.71. The first-order valence-corrected chi connectivity index (χ1v) is 7.54. The molecule has 2 aliphatic rings. The molecule has 3 heterocycles. The van der Waals surface area contributed by atoms with Gasteiger partial charge in [0.05, 0.1) is 6.61 Å². The van der Waals surface area contributed by atoms with Gasteiger partial charge in [0.2, 0.25) is 0 Å². The van der Waals surface area contributed by atoms with Crippen LogP contribution in [-0.2, 0) is 26.4 Å². The summed E-state index contributed by atoms with van der Waals surface area (Å²) in [5, 5.41) is 3.09. The summed E-state index contributed by atoms with van der Waals surface area (Å²) in [5.41, 5.74) is 0.829. The van der Waals surface area contributed by atoms with Crippen LogP contribution in [0.4, 0.5) is 13.2 Å². The van der Waals surface area contributed by atoms with Gasteiger partial charge in [0.1, 0.15) is 5.60 Å². The van der Waals surface area contributed by atoms with Crippen molar-refractivity contribution in [3.63, 3.8) is 0 Å². The summed E-state index contributed by atoms with van der Waals surface area (Å²) in [6.45, 7) is 1.09. The normalized spacial score (nSPS) is 22.0. The first-order chi connectivity index (χ1) is 9.91. The van der Waals surface area contributed by atoms with Crippen LogP contribution in [0.2, 0.25) is 0 Å². The topological polar surface area (TPSA) is 38.8 Å². The maximum Gasteiger partial charge on any atom is 0.492 e. The van der Waals surface area contributed by atoms with Gasteiger partial charge < -0.3 is 9.57 Å². The van der Waals surface area contributed by atoms with Gasteiger partial charge in [-0.1, -0.05) is 0 Å². The highest BCUT2D eigenvalue weighted by Gasteiger charge is 2.46. The van der Waals surface area contributed by atoms with Gasteiger partial charge in [-0.25, -0.2) is 4.79 Å². The average molecular weight is 321 g/mol. The van der Waals surface area contributed by atoms with Crippen LogP contribution in [0.1, 0.15) is 23.3 Å². The second-order valence-corrected chi connectivity index (χ2v) is 6.09. The smallest absolute Gasteiger partial charge is 0.369 e. The minimum Gasteiger partial charge on any atom is -0.369 e. The van der Waals surface area contributed by atoms with Gasteiger partial charge >= 0.3 is 12.1 Å². The third kappa shape index (κ3) is 2.79. The predicted molar refractivity (Wildman–Crippen MR) is 68.6 cm³/mol. The molecule has 21 heavy (non-hydrogen) atoms. The summed E-state index contributed by atoms with van der Waals surface area (Å²) in [5.74, 6) is -2.17. The largest absolute Gasteiger partial charge is 0.492 e. The fraction of sp³-hybridized carbons (Fsp3) is 0.615. The summed E-state index contributed by atoms with van der Waals surface area (Å²) in [6.07, 6.45) is -3.05. The van der Waals surface area contributed by atoms with Crippen molar-refractivity contribution in [3.05, 3.63) is 21.9 Å². The molecule has 0 radical (unpaired) electrons. The summed E-state index contributed by atoms with van der Waals surface area (Å²) < 4.78 is 42.5. The number of carbonyl (C=O) groups is 1. The zero-order valence-electron chi connectivity index (χ0n) is 11.1. The number of hydrogen-bond donors (Lipinski definition) is 0. The minimum absolute atomic E-state index is 0.235. The number of halogens is 3. The molecule has 116 valence electrons. The highest BCUT2D eigenvalue weighted by Crippen LogP contribution is 2.44. The highest BCUT2D eigenvalue weighted by molar-refractivity contribution is 7.10. The third-order valence-electron chi connectivity index (χ3n) is 3.88. The highest BCUT2D eigenvalue weighted by atomic mass is 32.1. The molecule has 0 aliphatic carbocycles. The first-order valence-electron chi connectivity index (χ1n) is 6.66. The lowest BCUT2D eigenvalue weighted by atomic mass is 9.86. The van der Waals surface area contributed by atoms with Gasteiger partial charge in [0.15, 0.2) is 0 Å². The number of ether oxygens (including phenoxy) is 1. The molecule has 0 amide bonds. The van der Waals surface area contributed by atoms with Crippen LogP contribution in [0.15, 0.2) is 11.4 Å². The molecule has 0 aromatic carbocycles. The van der Waals surface area contributed by atoms with Gasteiger partial charge in [-0.05, 0) is 36.3 Å². The Bertz CT molecular complexity index is 535. The maximum absolute atomic E-state index is 12.2. The molecule has 1 fully saturated rings. The van der Waals surface area contributed by atoms with Crippen molar-refractivity contribution in [1.29, 1.82) is 0 Å². The number of nitrogens with zero attached hydrogens (tertiary/aromatic N) is 1. The van der Waals surface area contributed by atoms with E-state index < -0.39 is 17.7 Å². The fourth-order valence-corrected chi connectivity index (χ4v) is 4.00. The fourth-order valence-electron chi connectivity index (χ4n) is 2.83. The van der Waals surface area contributed by atoms with E-state index in [9.17, 15) is 18.0 Å². The van der Waals surface area contributed by atoms with Crippen LogP contribution in [0.5, 0.6) is 0 Å². The second kappa shape index (κ2) is 5.26. The lowest BCUT2D eigenvalue weighted by molar-refractivity contribution is -0.249. The Morgan fingerprint density at radius 3 is 2.76 bits per heavy atom. The lowest BCUT2D eigenvalue weighted by Gasteiger charge is -2.42. The average Bonchev–Trinajstić information content (AvgIpc) is 2.90. The number of carbonyl (C=O) groups excluding carboxylic acids is 1. The van der Waals surface area contributed by atoms with E-state index in [1.807, 2.05) is 5.38 Å². The molecule has 2 aliphatic heterocycles. The van der Waals surface area contributed by atoms with Crippen molar-refractivity contribution >= 4 is 17.3 Å². The van der Waals surface area contributed by atoms with E-state index in [0.717, 1.165) is 16.4 Å². The molecule has 0 atom stereocenters. The quantitative estimate of drug-likeness (QED) is 0.797. The zero-order valence-corrected chi connectivity index (χ0v) is 11.9. The number of thiophene rings is 1. The third-order valence-corrected chi connectivity index (χ3v) is 5.03. The van der Waals surface area contributed by atoms with Crippen molar-refractivity contribution in [2.24, 2.45) is 0 Å². The molecule has 1 spiro atoms. The molecule has 0 N–H and O–H groups in total. The van der Waals surface area contributed by atoms with Gasteiger partial charge in [-0.3, -0.25) is 0 Å². The summed E-state index contributed by atoms with van der Waals surface area (Å²) in [7, 11) is 0. The standard InChI is InChI=1S/C13H14F3NO3S/c14-13(15,16)11(18)20-17-5-3-12(4-6-17)10-9(1-7-19-12)2-8-21-10/h2,8H,1,3-7H2. The van der Waals surface area contributed by atoms with Crippen molar-refractivity contribution in [1.82, 2.24) is 5.06 Å². The van der Waals surface area contributed by atoms with Crippen molar-refractivity contribution in [2.75, 3.05) is 19.7 Å². The molecule has 1 saturated heterocycles. The van der Waals surface area contributed by atoms with Crippen molar-refractivity contribution in [2.45, 2.75) is 31.0 Å². The summed E-state index contributed by atoms with van der Waals surface area (Å²) in [6, 6.07) is 2.07. The molecule has 3 rings (SSSR count). The number of alkyl halides is 3. The number of rotatable bonds is 1. The molecule has 0 bridgehead atoms. The van der Waals surface area contributed by atoms with E-state index in [1.54, 1.807) is 11.3 Å². The number of piperidine rings is 1. The van der Waals surface area contributed by atoms with Crippen LogP contribution in [0.3, 0.4) is 0 Å². The minimum atomic E-state index is -4.96. The van der Waals surface area contributed by atoms with Crippen LogP contribution in [0, 0.1) is 0 Å². The van der Waals surface area contributed by atoms with E-state index in [4.69, 9.17) is 4.74 Å². The van der Waals surface area contributed by atoms with E-state index in [0.29, 0.717) is 19.4 Å². The molecule has 1 aromatic heterocycles. The molecule has 4 nitrogen and oxygen atoms in total. The summed E-state index contributed by atoms with van der Waals surface area (Å²) in [4.78, 5) is 16.4. The Labute approximate surface area is 123 Å². The lowest BCUT2D eigenvalue weighted by Crippen LogP contribution is -2.47. The zero-order chi connectivity index (χ0) is 15.1. The maximum atomic E-state index is 12.2.